The zero-order valence-corrected chi connectivity index (χ0v) is 20.6. The number of amides is 2. The molecule has 2 fully saturated rings. The molecule has 2 unspecified atom stereocenters. The van der Waals surface area contributed by atoms with E-state index >= 15 is 0 Å². The first kappa shape index (κ1) is 25.8. The summed E-state index contributed by atoms with van der Waals surface area (Å²) in [6, 6.07) is 13.3. The Morgan fingerprint density at radius 2 is 1.61 bits per heavy atom. The van der Waals surface area contributed by atoms with Crippen LogP contribution in [0.4, 0.5) is 22.4 Å². The summed E-state index contributed by atoms with van der Waals surface area (Å²) in [5, 5.41) is 9.19. The molecule has 6 nitrogen and oxygen atoms in total. The maximum atomic E-state index is 13.5. The second-order valence-electron chi connectivity index (χ2n) is 10.0. The van der Waals surface area contributed by atoms with Gasteiger partial charge in [0.2, 0.25) is 0 Å². The number of alkyl halides is 3. The summed E-state index contributed by atoms with van der Waals surface area (Å²) in [6.07, 6.45) is 0.954. The van der Waals surface area contributed by atoms with E-state index in [1.54, 1.807) is 32.8 Å². The minimum atomic E-state index is -4.42. The second kappa shape index (κ2) is 10.5. The van der Waals surface area contributed by atoms with Gasteiger partial charge in [-0.05, 0) is 61.2 Å². The number of nitriles is 1. The van der Waals surface area contributed by atoms with E-state index in [-0.39, 0.29) is 29.6 Å². The predicted molar refractivity (Wildman–Crippen MR) is 132 cm³/mol. The first-order valence-electron chi connectivity index (χ1n) is 12.6. The van der Waals surface area contributed by atoms with Crippen molar-refractivity contribution in [1.82, 2.24) is 19.4 Å². The van der Waals surface area contributed by atoms with Gasteiger partial charge in [0, 0.05) is 55.8 Å². The number of likely N-dealkylation sites (tertiary alicyclic amines) is 2. The van der Waals surface area contributed by atoms with Crippen LogP contribution in [0.1, 0.15) is 47.9 Å². The topological polar surface area (TPSA) is 65.2 Å². The van der Waals surface area contributed by atoms with Gasteiger partial charge < -0.3 is 14.4 Å². The zero-order chi connectivity index (χ0) is 26.9. The number of piperidine rings is 2. The van der Waals surface area contributed by atoms with Gasteiger partial charge in [-0.15, -0.1) is 0 Å². The number of carbonyl (C=O) groups is 1. The number of benzene rings is 2. The number of imidazole rings is 1. The average molecular weight is 526 g/mol. The van der Waals surface area contributed by atoms with Crippen molar-refractivity contribution in [3.8, 4) is 11.8 Å². The first-order chi connectivity index (χ1) is 18.2. The van der Waals surface area contributed by atoms with Crippen LogP contribution in [0.3, 0.4) is 0 Å². The summed E-state index contributed by atoms with van der Waals surface area (Å²) < 4.78 is 54.5. The Morgan fingerprint density at radius 1 is 0.947 bits per heavy atom. The molecule has 38 heavy (non-hydrogen) atoms. The number of hydrogen-bond acceptors (Lipinski definition) is 3. The lowest BCUT2D eigenvalue weighted by atomic mass is 9.83. The fourth-order valence-electron chi connectivity index (χ4n) is 5.36. The van der Waals surface area contributed by atoms with Crippen LogP contribution in [0.15, 0.2) is 61.1 Å². The molecule has 10 heteroatoms. The maximum Gasteiger partial charge on any atom is 0.416 e. The van der Waals surface area contributed by atoms with Crippen LogP contribution < -0.4 is 0 Å². The van der Waals surface area contributed by atoms with Crippen molar-refractivity contribution in [2.75, 3.05) is 26.2 Å². The predicted octanol–water partition coefficient (Wildman–Crippen LogP) is 5.96. The van der Waals surface area contributed by atoms with E-state index in [1.807, 2.05) is 6.20 Å². The minimum absolute atomic E-state index is 0.0523. The molecule has 2 aromatic carbocycles. The lowest BCUT2D eigenvalue weighted by Gasteiger charge is -2.41. The minimum Gasteiger partial charge on any atom is -0.325 e. The summed E-state index contributed by atoms with van der Waals surface area (Å²) in [6.45, 7) is 1.82. The van der Waals surface area contributed by atoms with E-state index in [4.69, 9.17) is 0 Å². The largest absolute Gasteiger partial charge is 0.416 e. The van der Waals surface area contributed by atoms with Crippen molar-refractivity contribution in [3.05, 3.63) is 83.7 Å². The van der Waals surface area contributed by atoms with Crippen molar-refractivity contribution < 1.29 is 22.4 Å². The van der Waals surface area contributed by atoms with Gasteiger partial charge in [-0.2, -0.15) is 18.4 Å². The van der Waals surface area contributed by atoms with Gasteiger partial charge in [-0.3, -0.25) is 0 Å². The quantitative estimate of drug-likeness (QED) is 0.397. The van der Waals surface area contributed by atoms with Crippen LogP contribution in [0.5, 0.6) is 0 Å². The monoisotopic (exact) mass is 525 g/mol. The van der Waals surface area contributed by atoms with E-state index in [0.717, 1.165) is 29.1 Å². The number of hydrogen-bond donors (Lipinski definition) is 0. The van der Waals surface area contributed by atoms with Gasteiger partial charge in [0.1, 0.15) is 5.82 Å². The van der Waals surface area contributed by atoms with E-state index in [0.29, 0.717) is 45.4 Å². The Hall–Kier alpha value is -3.87. The summed E-state index contributed by atoms with van der Waals surface area (Å²) in [4.78, 5) is 21.6. The van der Waals surface area contributed by atoms with Crippen LogP contribution in [0.25, 0.3) is 5.69 Å². The molecule has 5 rings (SSSR count). The van der Waals surface area contributed by atoms with Crippen molar-refractivity contribution in [2.24, 2.45) is 5.92 Å². The normalized spacial score (nSPS) is 20.8. The van der Waals surface area contributed by atoms with Gasteiger partial charge in [0.25, 0.3) is 0 Å². The molecule has 198 valence electrons. The molecule has 1 aromatic heterocycles. The van der Waals surface area contributed by atoms with E-state index < -0.39 is 11.7 Å². The number of halogens is 4. The summed E-state index contributed by atoms with van der Waals surface area (Å²) in [5.41, 5.74) is 1.53. The SMILES string of the molecule is N#CC1CCN(C(=O)N2CC(c3ccc(C(F)(F)F)cc3)CC(c3cn(-c4ccc(F)cc4)cn3)C2)CC1. The summed E-state index contributed by atoms with van der Waals surface area (Å²) in [7, 11) is 0. The van der Waals surface area contributed by atoms with Crippen molar-refractivity contribution in [1.29, 1.82) is 5.26 Å². The van der Waals surface area contributed by atoms with Gasteiger partial charge in [-0.1, -0.05) is 12.1 Å². The molecule has 2 aliphatic rings. The van der Waals surface area contributed by atoms with Gasteiger partial charge in [-0.25, -0.2) is 14.2 Å². The molecule has 0 aliphatic carbocycles. The van der Waals surface area contributed by atoms with Gasteiger partial charge in [0.05, 0.1) is 23.7 Å². The highest BCUT2D eigenvalue weighted by Gasteiger charge is 2.36. The standard InChI is InChI=1S/C28H27F4N5O/c29-24-5-7-25(8-6-24)37-17-26(34-18-37)22-13-21(20-1-3-23(4-2-20)28(30,31)32)15-36(16-22)27(38)35-11-9-19(14-33)10-12-35/h1-8,17-19,21-22H,9-13,15-16H2. The lowest BCUT2D eigenvalue weighted by Crippen LogP contribution is -2.51. The molecule has 0 radical (unpaired) electrons. The van der Waals surface area contributed by atoms with Crippen LogP contribution in [-0.2, 0) is 6.18 Å². The average Bonchev–Trinajstić information content (AvgIpc) is 3.43. The molecule has 0 saturated carbocycles. The number of rotatable bonds is 3. The van der Waals surface area contributed by atoms with E-state index in [1.165, 1.54) is 24.3 Å². The molecular weight excluding hydrogens is 498 g/mol. The Labute approximate surface area is 218 Å². The Bertz CT molecular complexity index is 1300. The third kappa shape index (κ3) is 5.52. The number of aromatic nitrogens is 2. The first-order valence-corrected chi connectivity index (χ1v) is 12.6. The van der Waals surface area contributed by atoms with Crippen molar-refractivity contribution in [2.45, 2.75) is 37.3 Å². The Morgan fingerprint density at radius 3 is 2.24 bits per heavy atom. The lowest BCUT2D eigenvalue weighted by molar-refractivity contribution is -0.137. The molecule has 2 saturated heterocycles. The molecule has 0 N–H and O–H groups in total. The third-order valence-electron chi connectivity index (χ3n) is 7.52. The van der Waals surface area contributed by atoms with Gasteiger partial charge in [0.15, 0.2) is 0 Å². The highest BCUT2D eigenvalue weighted by molar-refractivity contribution is 5.75. The van der Waals surface area contributed by atoms with Crippen LogP contribution in [-0.4, -0.2) is 51.6 Å². The molecular formula is C28H27F4N5O. The van der Waals surface area contributed by atoms with Gasteiger partial charge >= 0.3 is 12.2 Å². The zero-order valence-electron chi connectivity index (χ0n) is 20.6. The molecule has 2 aliphatic heterocycles. The van der Waals surface area contributed by atoms with Crippen LogP contribution >= 0.6 is 0 Å². The van der Waals surface area contributed by atoms with E-state index in [2.05, 4.69) is 11.1 Å². The molecule has 3 aromatic rings. The second-order valence-corrected chi connectivity index (χ2v) is 10.0. The molecule has 3 heterocycles. The maximum absolute atomic E-state index is 13.5. The summed E-state index contributed by atoms with van der Waals surface area (Å²) in [5.74, 6) is -0.705. The fraction of sp³-hybridized carbons (Fsp3) is 0.393. The Kier molecular flexibility index (Phi) is 7.11. The highest BCUT2D eigenvalue weighted by atomic mass is 19.4. The Balaban J connectivity index is 1.40. The molecule has 2 amide bonds. The third-order valence-corrected chi connectivity index (χ3v) is 7.52. The molecule has 2 atom stereocenters. The van der Waals surface area contributed by atoms with Crippen LogP contribution in [0, 0.1) is 23.1 Å². The van der Waals surface area contributed by atoms with Crippen LogP contribution in [0.2, 0.25) is 0 Å². The summed E-state index contributed by atoms with van der Waals surface area (Å²) >= 11 is 0. The molecule has 0 spiro atoms. The highest BCUT2D eigenvalue weighted by Crippen LogP contribution is 2.37. The number of carbonyl (C=O) groups excluding carboxylic acids is 1. The number of urea groups is 1. The van der Waals surface area contributed by atoms with Crippen molar-refractivity contribution >= 4 is 6.03 Å². The smallest absolute Gasteiger partial charge is 0.325 e. The molecule has 0 bridgehead atoms. The van der Waals surface area contributed by atoms with E-state index in [9.17, 15) is 27.6 Å². The number of nitrogens with zero attached hydrogens (tertiary/aromatic N) is 5. The fourth-order valence-corrected chi connectivity index (χ4v) is 5.36. The van der Waals surface area contributed by atoms with Crippen molar-refractivity contribution in [3.63, 3.8) is 0 Å².